The lowest BCUT2D eigenvalue weighted by atomic mass is 10.3. The molecule has 110 valence electrons. The average Bonchev–Trinajstić information content (AvgIpc) is 2.49. The molecule has 0 saturated carbocycles. The van der Waals surface area contributed by atoms with Gasteiger partial charge in [0.15, 0.2) is 5.82 Å². The molecule has 0 aromatic heterocycles. The second-order valence-corrected chi connectivity index (χ2v) is 3.97. The van der Waals surface area contributed by atoms with Gasteiger partial charge < -0.3 is 10.1 Å². The molecule has 0 atom stereocenters. The Kier molecular flexibility index (Phi) is 4.98. The van der Waals surface area contributed by atoms with Gasteiger partial charge in [0, 0.05) is 6.54 Å². The van der Waals surface area contributed by atoms with Crippen LogP contribution in [-0.2, 0) is 4.89 Å². The highest BCUT2D eigenvalue weighted by Crippen LogP contribution is 2.34. The summed E-state index contributed by atoms with van der Waals surface area (Å²) >= 11 is 0. The van der Waals surface area contributed by atoms with Crippen molar-refractivity contribution in [3.63, 3.8) is 0 Å². The number of benzene rings is 2. The third-order valence-electron chi connectivity index (χ3n) is 2.42. The molecule has 21 heavy (non-hydrogen) atoms. The van der Waals surface area contributed by atoms with Crippen molar-refractivity contribution in [1.29, 1.82) is 0 Å². The summed E-state index contributed by atoms with van der Waals surface area (Å²) in [6.45, 7) is 2.12. The summed E-state index contributed by atoms with van der Waals surface area (Å²) in [6, 6.07) is 12.7. The molecule has 0 aliphatic heterocycles. The standard InChI is InChI=1S/C15H14FNO4/c1-2-17-15(18)21-20-13-10-6-9-12(16)14(13)19-11-7-4-3-5-8-11/h3-10H,2H2,1H3,(H,17,18). The zero-order valence-electron chi connectivity index (χ0n) is 11.3. The summed E-state index contributed by atoms with van der Waals surface area (Å²) in [5.74, 6) is -0.389. The van der Waals surface area contributed by atoms with E-state index in [2.05, 4.69) is 10.2 Å². The first-order valence-corrected chi connectivity index (χ1v) is 6.34. The van der Waals surface area contributed by atoms with Crippen molar-refractivity contribution in [2.75, 3.05) is 6.54 Å². The molecule has 0 unspecified atom stereocenters. The van der Waals surface area contributed by atoms with Gasteiger partial charge in [-0.15, -0.1) is 0 Å². The summed E-state index contributed by atoms with van der Waals surface area (Å²) in [5.41, 5.74) is 0. The first kappa shape index (κ1) is 14.6. The van der Waals surface area contributed by atoms with E-state index >= 15 is 0 Å². The van der Waals surface area contributed by atoms with Crippen molar-refractivity contribution in [3.05, 3.63) is 54.3 Å². The van der Waals surface area contributed by atoms with E-state index in [0.29, 0.717) is 12.3 Å². The smallest absolute Gasteiger partial charge is 0.450 e. The summed E-state index contributed by atoms with van der Waals surface area (Å²) in [5, 5.41) is 2.38. The van der Waals surface area contributed by atoms with E-state index < -0.39 is 11.9 Å². The van der Waals surface area contributed by atoms with Gasteiger partial charge in [-0.2, -0.15) is 0 Å². The molecule has 2 rings (SSSR count). The van der Waals surface area contributed by atoms with E-state index in [1.807, 2.05) is 6.07 Å². The summed E-state index contributed by atoms with van der Waals surface area (Å²) < 4.78 is 19.3. The average molecular weight is 291 g/mol. The molecule has 0 bridgehead atoms. The SMILES string of the molecule is CCNC(=O)OOc1cccc(F)c1Oc1ccccc1. The predicted octanol–water partition coefficient (Wildman–Crippen LogP) is 3.66. The van der Waals surface area contributed by atoms with Gasteiger partial charge in [-0.05, 0) is 31.2 Å². The molecule has 1 amide bonds. The molecule has 0 heterocycles. The van der Waals surface area contributed by atoms with Crippen molar-refractivity contribution >= 4 is 6.09 Å². The Morgan fingerprint density at radius 3 is 2.62 bits per heavy atom. The van der Waals surface area contributed by atoms with Gasteiger partial charge >= 0.3 is 6.09 Å². The van der Waals surface area contributed by atoms with Crippen molar-refractivity contribution < 1.29 is 23.7 Å². The van der Waals surface area contributed by atoms with Gasteiger partial charge in [0.05, 0.1) is 0 Å². The van der Waals surface area contributed by atoms with Crippen molar-refractivity contribution in [2.45, 2.75) is 6.92 Å². The van der Waals surface area contributed by atoms with Crippen LogP contribution in [0.2, 0.25) is 0 Å². The second kappa shape index (κ2) is 7.14. The van der Waals surface area contributed by atoms with Gasteiger partial charge in [-0.1, -0.05) is 24.3 Å². The Morgan fingerprint density at radius 2 is 1.90 bits per heavy atom. The number of halogens is 1. The van der Waals surface area contributed by atoms with E-state index in [1.165, 1.54) is 18.2 Å². The van der Waals surface area contributed by atoms with E-state index in [0.717, 1.165) is 0 Å². The van der Waals surface area contributed by atoms with Crippen LogP contribution in [0, 0.1) is 5.82 Å². The second-order valence-electron chi connectivity index (χ2n) is 3.97. The zero-order valence-corrected chi connectivity index (χ0v) is 11.3. The van der Waals surface area contributed by atoms with E-state index in [1.54, 1.807) is 31.2 Å². The van der Waals surface area contributed by atoms with Crippen LogP contribution in [0.4, 0.5) is 9.18 Å². The third kappa shape index (κ3) is 4.10. The van der Waals surface area contributed by atoms with Crippen LogP contribution in [0.25, 0.3) is 0 Å². The fourth-order valence-electron chi connectivity index (χ4n) is 1.52. The van der Waals surface area contributed by atoms with Crippen LogP contribution < -0.4 is 14.9 Å². The maximum atomic E-state index is 13.8. The zero-order chi connectivity index (χ0) is 15.1. The van der Waals surface area contributed by atoms with Gasteiger partial charge in [-0.25, -0.2) is 14.1 Å². The number of carbonyl (C=O) groups is 1. The molecular weight excluding hydrogens is 277 g/mol. The molecule has 5 nitrogen and oxygen atoms in total. The van der Waals surface area contributed by atoms with Gasteiger partial charge in [0.1, 0.15) is 5.75 Å². The van der Waals surface area contributed by atoms with Gasteiger partial charge in [-0.3, -0.25) is 4.89 Å². The number of hydrogen-bond acceptors (Lipinski definition) is 4. The normalized spacial score (nSPS) is 9.81. The highest BCUT2D eigenvalue weighted by Gasteiger charge is 2.15. The molecule has 2 aromatic rings. The number of nitrogens with one attached hydrogen (secondary N) is 1. The predicted molar refractivity (Wildman–Crippen MR) is 73.7 cm³/mol. The van der Waals surface area contributed by atoms with Gasteiger partial charge in [0.2, 0.25) is 11.5 Å². The molecule has 0 saturated heterocycles. The monoisotopic (exact) mass is 291 g/mol. The van der Waals surface area contributed by atoms with Gasteiger partial charge in [0.25, 0.3) is 0 Å². The Bertz CT molecular complexity index is 604. The first-order chi connectivity index (χ1) is 10.2. The molecule has 0 aliphatic rings. The minimum atomic E-state index is -0.771. The number of carbonyl (C=O) groups excluding carboxylic acids is 1. The Hall–Kier alpha value is -2.76. The summed E-state index contributed by atoms with van der Waals surface area (Å²) in [4.78, 5) is 20.5. The van der Waals surface area contributed by atoms with Crippen LogP contribution in [0.3, 0.4) is 0 Å². The van der Waals surface area contributed by atoms with Crippen molar-refractivity contribution in [1.82, 2.24) is 5.32 Å². The van der Waals surface area contributed by atoms with Crippen LogP contribution in [0.5, 0.6) is 17.2 Å². The molecule has 0 radical (unpaired) electrons. The Balaban J connectivity index is 2.14. The highest BCUT2D eigenvalue weighted by atomic mass is 19.1. The van der Waals surface area contributed by atoms with E-state index in [9.17, 15) is 9.18 Å². The third-order valence-corrected chi connectivity index (χ3v) is 2.42. The molecular formula is C15H14FNO4. The van der Waals surface area contributed by atoms with E-state index in [4.69, 9.17) is 9.62 Å². The lowest BCUT2D eigenvalue weighted by Gasteiger charge is -2.11. The lowest BCUT2D eigenvalue weighted by molar-refractivity contribution is -0.143. The van der Waals surface area contributed by atoms with Crippen LogP contribution >= 0.6 is 0 Å². The van der Waals surface area contributed by atoms with E-state index in [-0.39, 0.29) is 11.5 Å². The van der Waals surface area contributed by atoms with Crippen LogP contribution in [-0.4, -0.2) is 12.6 Å². The number of para-hydroxylation sites is 2. The number of ether oxygens (including phenoxy) is 1. The number of rotatable bonds is 5. The fraction of sp³-hybridized carbons (Fsp3) is 0.133. The quantitative estimate of drug-likeness (QED) is 0.674. The number of amides is 1. The molecule has 0 fully saturated rings. The molecule has 2 aromatic carbocycles. The summed E-state index contributed by atoms with van der Waals surface area (Å²) in [6.07, 6.45) is -0.771. The molecule has 0 aliphatic carbocycles. The van der Waals surface area contributed by atoms with Crippen molar-refractivity contribution in [3.8, 4) is 17.2 Å². The molecule has 0 spiro atoms. The fourth-order valence-corrected chi connectivity index (χ4v) is 1.52. The topological polar surface area (TPSA) is 56.8 Å². The minimum Gasteiger partial charge on any atom is -0.450 e. The van der Waals surface area contributed by atoms with Crippen LogP contribution in [0.15, 0.2) is 48.5 Å². The largest absolute Gasteiger partial charge is 0.450 e. The maximum Gasteiger partial charge on any atom is 0.450 e. The van der Waals surface area contributed by atoms with Crippen LogP contribution in [0.1, 0.15) is 6.92 Å². The highest BCUT2D eigenvalue weighted by molar-refractivity contribution is 5.66. The summed E-state index contributed by atoms with van der Waals surface area (Å²) in [7, 11) is 0. The molecule has 6 heteroatoms. The first-order valence-electron chi connectivity index (χ1n) is 6.34. The van der Waals surface area contributed by atoms with Crippen molar-refractivity contribution in [2.24, 2.45) is 0 Å². The Morgan fingerprint density at radius 1 is 1.14 bits per heavy atom. The number of hydrogen-bond donors (Lipinski definition) is 1. The molecule has 1 N–H and O–H groups in total. The minimum absolute atomic E-state index is 0.0369. The lowest BCUT2D eigenvalue weighted by Crippen LogP contribution is -2.25. The Labute approximate surface area is 121 Å². The maximum absolute atomic E-state index is 13.8.